The molecule has 1 rings (SSSR count). The molecule has 16 heavy (non-hydrogen) atoms. The normalized spacial score (nSPS) is 20.7. The average molecular weight is 218 g/mol. The highest BCUT2D eigenvalue weighted by Gasteiger charge is 2.27. The van der Waals surface area contributed by atoms with Gasteiger partial charge in [0.2, 0.25) is 5.91 Å². The van der Waals surface area contributed by atoms with Gasteiger partial charge in [0.1, 0.15) is 6.04 Å². The molecular formula is C13H18N2O. The van der Waals surface area contributed by atoms with E-state index in [1.54, 1.807) is 12.2 Å². The predicted molar refractivity (Wildman–Crippen MR) is 66.5 cm³/mol. The molecule has 1 aliphatic heterocycles. The van der Waals surface area contributed by atoms with E-state index in [0.717, 1.165) is 24.2 Å². The lowest BCUT2D eigenvalue weighted by molar-refractivity contribution is -0.125. The molecule has 1 atom stereocenters. The van der Waals surface area contributed by atoms with Crippen molar-refractivity contribution in [3.63, 3.8) is 0 Å². The number of piperidine rings is 1. The van der Waals surface area contributed by atoms with Crippen molar-refractivity contribution in [3.8, 4) is 0 Å². The minimum absolute atomic E-state index is 0.00750. The number of nitrogens with zero attached hydrogens (tertiary/aromatic N) is 1. The van der Waals surface area contributed by atoms with Gasteiger partial charge in [-0.2, -0.15) is 0 Å². The van der Waals surface area contributed by atoms with Crippen molar-refractivity contribution in [1.29, 1.82) is 0 Å². The second-order valence-electron chi connectivity index (χ2n) is 3.84. The average Bonchev–Trinajstić information content (AvgIpc) is 2.25. The van der Waals surface area contributed by atoms with Crippen LogP contribution in [0.15, 0.2) is 49.4 Å². The van der Waals surface area contributed by atoms with Crippen LogP contribution in [0.3, 0.4) is 0 Å². The van der Waals surface area contributed by atoms with Crippen molar-refractivity contribution in [2.24, 2.45) is 0 Å². The third-order valence-corrected chi connectivity index (χ3v) is 2.67. The summed E-state index contributed by atoms with van der Waals surface area (Å²) in [5.74, 6) is -0.00750. The molecule has 3 nitrogen and oxygen atoms in total. The van der Waals surface area contributed by atoms with Crippen LogP contribution in [0, 0.1) is 0 Å². The quantitative estimate of drug-likeness (QED) is 0.732. The first-order chi connectivity index (χ1) is 7.56. The maximum Gasteiger partial charge on any atom is 0.246 e. The number of amides is 1. The second kappa shape index (κ2) is 5.35. The smallest absolute Gasteiger partial charge is 0.246 e. The number of allylic oxidation sites excluding steroid dienone is 4. The summed E-state index contributed by atoms with van der Waals surface area (Å²) >= 11 is 0. The van der Waals surface area contributed by atoms with Crippen LogP contribution < -0.4 is 5.32 Å². The number of carbonyl (C=O) groups is 1. The molecule has 1 amide bonds. The Bertz CT molecular complexity index is 355. The Kier molecular flexibility index (Phi) is 4.11. The van der Waals surface area contributed by atoms with Crippen molar-refractivity contribution in [1.82, 2.24) is 10.2 Å². The fourth-order valence-electron chi connectivity index (χ4n) is 1.63. The number of nitrogens with one attached hydrogen (secondary N) is 1. The summed E-state index contributed by atoms with van der Waals surface area (Å²) in [6, 6.07) is -0.160. The summed E-state index contributed by atoms with van der Waals surface area (Å²) < 4.78 is 0. The summed E-state index contributed by atoms with van der Waals surface area (Å²) in [5.41, 5.74) is 1.59. The zero-order chi connectivity index (χ0) is 12.1. The molecule has 1 unspecified atom stereocenters. The molecule has 0 bridgehead atoms. The Morgan fingerprint density at radius 3 is 2.88 bits per heavy atom. The van der Waals surface area contributed by atoms with Crippen LogP contribution in [0.25, 0.3) is 0 Å². The van der Waals surface area contributed by atoms with Crippen LogP contribution in [0.5, 0.6) is 0 Å². The van der Waals surface area contributed by atoms with E-state index in [1.165, 1.54) is 0 Å². The largest absolute Gasteiger partial charge is 0.363 e. The maximum atomic E-state index is 11.7. The van der Waals surface area contributed by atoms with Gasteiger partial charge in [0.05, 0.1) is 0 Å². The molecule has 0 aromatic heterocycles. The Morgan fingerprint density at radius 1 is 1.62 bits per heavy atom. The monoisotopic (exact) mass is 218 g/mol. The highest BCUT2D eigenvalue weighted by Crippen LogP contribution is 2.18. The Labute approximate surface area is 96.8 Å². The van der Waals surface area contributed by atoms with Gasteiger partial charge in [-0.1, -0.05) is 31.9 Å². The molecule has 0 saturated carbocycles. The SMILES string of the molecule is C=C/C=C\C(=C)N(C)C1CCC(=C)NC1=O. The van der Waals surface area contributed by atoms with Gasteiger partial charge < -0.3 is 10.2 Å². The Morgan fingerprint density at radius 2 is 2.31 bits per heavy atom. The van der Waals surface area contributed by atoms with Crippen molar-refractivity contribution >= 4 is 5.91 Å². The zero-order valence-electron chi connectivity index (χ0n) is 9.70. The van der Waals surface area contributed by atoms with Crippen molar-refractivity contribution in [2.45, 2.75) is 18.9 Å². The molecule has 0 aromatic carbocycles. The van der Waals surface area contributed by atoms with Gasteiger partial charge in [0, 0.05) is 18.4 Å². The van der Waals surface area contributed by atoms with Crippen LogP contribution in [-0.4, -0.2) is 23.9 Å². The van der Waals surface area contributed by atoms with Crippen LogP contribution in [0.4, 0.5) is 0 Å². The lowest BCUT2D eigenvalue weighted by Gasteiger charge is -2.32. The standard InChI is InChI=1S/C13H18N2O/c1-5-6-7-11(3)15(4)12-9-8-10(2)14-13(12)16/h5-7,12H,1-3,8-9H2,4H3,(H,14,16)/b7-6-. The van der Waals surface area contributed by atoms with E-state index in [0.29, 0.717) is 0 Å². The molecule has 1 aliphatic rings. The van der Waals surface area contributed by atoms with Crippen molar-refractivity contribution < 1.29 is 4.79 Å². The maximum absolute atomic E-state index is 11.7. The van der Waals surface area contributed by atoms with E-state index in [1.807, 2.05) is 18.0 Å². The molecular weight excluding hydrogens is 200 g/mol. The minimum atomic E-state index is -0.160. The molecule has 0 spiro atoms. The third-order valence-electron chi connectivity index (χ3n) is 2.67. The van der Waals surface area contributed by atoms with E-state index >= 15 is 0 Å². The van der Waals surface area contributed by atoms with Crippen molar-refractivity contribution in [2.75, 3.05) is 7.05 Å². The number of hydrogen-bond donors (Lipinski definition) is 1. The zero-order valence-corrected chi connectivity index (χ0v) is 9.70. The number of carbonyl (C=O) groups excluding carboxylic acids is 1. The van der Waals surface area contributed by atoms with Crippen LogP contribution in [0.1, 0.15) is 12.8 Å². The fraction of sp³-hybridized carbons (Fsp3) is 0.308. The van der Waals surface area contributed by atoms with Gasteiger partial charge in [-0.15, -0.1) is 0 Å². The third kappa shape index (κ3) is 2.86. The van der Waals surface area contributed by atoms with Crippen molar-refractivity contribution in [3.05, 3.63) is 49.4 Å². The second-order valence-corrected chi connectivity index (χ2v) is 3.84. The molecule has 1 heterocycles. The molecule has 1 saturated heterocycles. The van der Waals surface area contributed by atoms with Gasteiger partial charge in [-0.25, -0.2) is 0 Å². The van der Waals surface area contributed by atoms with E-state index in [4.69, 9.17) is 0 Å². The summed E-state index contributed by atoms with van der Waals surface area (Å²) in [4.78, 5) is 13.6. The molecule has 0 aromatic rings. The molecule has 86 valence electrons. The summed E-state index contributed by atoms with van der Waals surface area (Å²) in [6.45, 7) is 11.3. The lowest BCUT2D eigenvalue weighted by Crippen LogP contribution is -2.47. The van der Waals surface area contributed by atoms with Gasteiger partial charge in [-0.3, -0.25) is 4.79 Å². The van der Waals surface area contributed by atoms with Crippen LogP contribution in [0.2, 0.25) is 0 Å². The summed E-state index contributed by atoms with van der Waals surface area (Å²) in [6.07, 6.45) is 6.92. The first kappa shape index (κ1) is 12.3. The molecule has 1 N–H and O–H groups in total. The van der Waals surface area contributed by atoms with Crippen LogP contribution in [-0.2, 0) is 4.79 Å². The molecule has 1 fully saturated rings. The number of likely N-dealkylation sites (N-methyl/N-ethyl adjacent to an activating group) is 1. The van der Waals surface area contributed by atoms with E-state index in [9.17, 15) is 4.79 Å². The van der Waals surface area contributed by atoms with Gasteiger partial charge in [0.25, 0.3) is 0 Å². The number of rotatable bonds is 4. The van der Waals surface area contributed by atoms with E-state index in [-0.39, 0.29) is 11.9 Å². The minimum Gasteiger partial charge on any atom is -0.363 e. The molecule has 3 heteroatoms. The van der Waals surface area contributed by atoms with Gasteiger partial charge >= 0.3 is 0 Å². The Hall–Kier alpha value is -1.77. The molecule has 0 aliphatic carbocycles. The van der Waals surface area contributed by atoms with E-state index in [2.05, 4.69) is 25.1 Å². The highest BCUT2D eigenvalue weighted by atomic mass is 16.2. The van der Waals surface area contributed by atoms with Gasteiger partial charge in [-0.05, 0) is 18.9 Å². The Balaban J connectivity index is 2.66. The fourth-order valence-corrected chi connectivity index (χ4v) is 1.63. The lowest BCUT2D eigenvalue weighted by atomic mass is 10.0. The van der Waals surface area contributed by atoms with E-state index < -0.39 is 0 Å². The first-order valence-electron chi connectivity index (χ1n) is 5.25. The van der Waals surface area contributed by atoms with Crippen LogP contribution >= 0.6 is 0 Å². The summed E-state index contributed by atoms with van der Waals surface area (Å²) in [5, 5.41) is 2.76. The first-order valence-corrected chi connectivity index (χ1v) is 5.25. The summed E-state index contributed by atoms with van der Waals surface area (Å²) in [7, 11) is 1.87. The highest BCUT2D eigenvalue weighted by molar-refractivity contribution is 5.84. The topological polar surface area (TPSA) is 32.3 Å². The molecule has 0 radical (unpaired) electrons. The predicted octanol–water partition coefficient (Wildman–Crippen LogP) is 1.97. The number of hydrogen-bond acceptors (Lipinski definition) is 2. The van der Waals surface area contributed by atoms with Gasteiger partial charge in [0.15, 0.2) is 0 Å².